The monoisotopic (exact) mass is 244 g/mol. The number of benzene rings is 2. The highest BCUT2D eigenvalue weighted by molar-refractivity contribution is 6.00. The van der Waals surface area contributed by atoms with Crippen LogP contribution in [0.4, 0.5) is 0 Å². The first-order valence-electron chi connectivity index (χ1n) is 6.04. The van der Waals surface area contributed by atoms with E-state index in [9.17, 15) is 4.79 Å². The summed E-state index contributed by atoms with van der Waals surface area (Å²) in [4.78, 5) is 11.2. The molecule has 0 radical (unpaired) electrons. The standard InChI is InChI=1S/C15H16O3/c1-2-17-9-10-18-15-8-7-12-5-3-4-6-13(12)14(15)11-16/h3-8,11H,2,9-10H2,1H3. The Hall–Kier alpha value is -1.87. The van der Waals surface area contributed by atoms with Gasteiger partial charge in [-0.3, -0.25) is 4.79 Å². The van der Waals surface area contributed by atoms with Gasteiger partial charge in [0.25, 0.3) is 0 Å². The van der Waals surface area contributed by atoms with Crippen molar-refractivity contribution in [3.05, 3.63) is 42.0 Å². The maximum atomic E-state index is 11.2. The largest absolute Gasteiger partial charge is 0.490 e. The second-order valence-electron chi connectivity index (χ2n) is 3.86. The lowest BCUT2D eigenvalue weighted by atomic mass is 10.0. The SMILES string of the molecule is CCOCCOc1ccc2ccccc2c1C=O. The second-order valence-corrected chi connectivity index (χ2v) is 3.86. The molecule has 0 atom stereocenters. The highest BCUT2D eigenvalue weighted by Gasteiger charge is 2.07. The van der Waals surface area contributed by atoms with Crippen LogP contribution >= 0.6 is 0 Å². The van der Waals surface area contributed by atoms with E-state index in [1.165, 1.54) is 0 Å². The van der Waals surface area contributed by atoms with Crippen LogP contribution in [0.25, 0.3) is 10.8 Å². The third kappa shape index (κ3) is 2.68. The molecule has 0 aliphatic heterocycles. The zero-order valence-corrected chi connectivity index (χ0v) is 10.4. The normalized spacial score (nSPS) is 10.5. The molecule has 3 heteroatoms. The van der Waals surface area contributed by atoms with Gasteiger partial charge in [-0.1, -0.05) is 30.3 Å². The molecule has 0 unspecified atom stereocenters. The Morgan fingerprint density at radius 3 is 2.72 bits per heavy atom. The molecule has 0 spiro atoms. The van der Waals surface area contributed by atoms with Crippen molar-refractivity contribution in [2.45, 2.75) is 6.92 Å². The minimum absolute atomic E-state index is 0.451. The summed E-state index contributed by atoms with van der Waals surface area (Å²) in [5, 5.41) is 1.96. The molecule has 94 valence electrons. The van der Waals surface area contributed by atoms with Crippen LogP contribution in [0.2, 0.25) is 0 Å². The Balaban J connectivity index is 2.24. The maximum Gasteiger partial charge on any atom is 0.154 e. The summed E-state index contributed by atoms with van der Waals surface area (Å²) in [5.41, 5.74) is 0.601. The van der Waals surface area contributed by atoms with E-state index in [1.807, 2.05) is 43.3 Å². The van der Waals surface area contributed by atoms with Crippen molar-refractivity contribution in [2.75, 3.05) is 19.8 Å². The van der Waals surface area contributed by atoms with Crippen LogP contribution in [0.15, 0.2) is 36.4 Å². The second kappa shape index (κ2) is 6.17. The highest BCUT2D eigenvalue weighted by atomic mass is 16.5. The summed E-state index contributed by atoms with van der Waals surface area (Å²) in [6, 6.07) is 11.6. The van der Waals surface area contributed by atoms with E-state index in [2.05, 4.69) is 0 Å². The first-order valence-corrected chi connectivity index (χ1v) is 6.04. The zero-order valence-electron chi connectivity index (χ0n) is 10.4. The fraction of sp³-hybridized carbons (Fsp3) is 0.267. The van der Waals surface area contributed by atoms with Gasteiger partial charge in [-0.15, -0.1) is 0 Å². The smallest absolute Gasteiger partial charge is 0.154 e. The summed E-state index contributed by atoms with van der Waals surface area (Å²) in [6.45, 7) is 3.59. The van der Waals surface area contributed by atoms with Gasteiger partial charge in [0.1, 0.15) is 12.4 Å². The average Bonchev–Trinajstić information content (AvgIpc) is 2.43. The molecule has 0 heterocycles. The quantitative estimate of drug-likeness (QED) is 0.578. The van der Waals surface area contributed by atoms with Gasteiger partial charge in [0.2, 0.25) is 0 Å². The molecule has 0 saturated carbocycles. The molecule has 18 heavy (non-hydrogen) atoms. The molecule has 0 fully saturated rings. The molecule has 0 aromatic heterocycles. The molecule has 2 aromatic rings. The van der Waals surface area contributed by atoms with Crippen LogP contribution in [0, 0.1) is 0 Å². The Bertz CT molecular complexity index is 534. The minimum Gasteiger partial charge on any atom is -0.490 e. The molecule has 0 bridgehead atoms. The number of carbonyl (C=O) groups excluding carboxylic acids is 1. The predicted molar refractivity (Wildman–Crippen MR) is 71.3 cm³/mol. The molecule has 3 nitrogen and oxygen atoms in total. The molecule has 2 rings (SSSR count). The predicted octanol–water partition coefficient (Wildman–Crippen LogP) is 3.07. The number of aldehydes is 1. The number of rotatable bonds is 6. The number of hydrogen-bond donors (Lipinski definition) is 0. The van der Waals surface area contributed by atoms with Gasteiger partial charge in [-0.2, -0.15) is 0 Å². The molecular weight excluding hydrogens is 228 g/mol. The first-order chi connectivity index (χ1) is 8.86. The van der Waals surface area contributed by atoms with Crippen LogP contribution in [0.1, 0.15) is 17.3 Å². The van der Waals surface area contributed by atoms with Gasteiger partial charge in [-0.05, 0) is 23.8 Å². The van der Waals surface area contributed by atoms with Crippen LogP contribution in [0.5, 0.6) is 5.75 Å². The van der Waals surface area contributed by atoms with Crippen LogP contribution < -0.4 is 4.74 Å². The van der Waals surface area contributed by atoms with Crippen LogP contribution in [-0.2, 0) is 4.74 Å². The molecule has 0 aliphatic rings. The van der Waals surface area contributed by atoms with E-state index in [0.717, 1.165) is 17.1 Å². The molecule has 0 N–H and O–H groups in total. The van der Waals surface area contributed by atoms with Crippen molar-refractivity contribution in [1.29, 1.82) is 0 Å². The van der Waals surface area contributed by atoms with Gasteiger partial charge >= 0.3 is 0 Å². The Morgan fingerprint density at radius 1 is 1.11 bits per heavy atom. The van der Waals surface area contributed by atoms with Crippen molar-refractivity contribution in [1.82, 2.24) is 0 Å². The molecule has 0 aliphatic carbocycles. The molecule has 2 aromatic carbocycles. The van der Waals surface area contributed by atoms with Crippen molar-refractivity contribution < 1.29 is 14.3 Å². The van der Waals surface area contributed by atoms with Crippen LogP contribution in [-0.4, -0.2) is 26.1 Å². The van der Waals surface area contributed by atoms with E-state index in [-0.39, 0.29) is 0 Å². The molecular formula is C15H16O3. The van der Waals surface area contributed by atoms with Gasteiger partial charge in [-0.25, -0.2) is 0 Å². The van der Waals surface area contributed by atoms with E-state index in [0.29, 0.717) is 31.1 Å². The third-order valence-corrected chi connectivity index (χ3v) is 2.74. The van der Waals surface area contributed by atoms with Gasteiger partial charge in [0.05, 0.1) is 12.2 Å². The topological polar surface area (TPSA) is 35.5 Å². The van der Waals surface area contributed by atoms with Crippen molar-refractivity contribution in [3.8, 4) is 5.75 Å². The van der Waals surface area contributed by atoms with Gasteiger partial charge in [0.15, 0.2) is 6.29 Å². The lowest BCUT2D eigenvalue weighted by molar-refractivity contribution is 0.106. The zero-order chi connectivity index (χ0) is 12.8. The van der Waals surface area contributed by atoms with Crippen molar-refractivity contribution >= 4 is 17.1 Å². The van der Waals surface area contributed by atoms with E-state index in [1.54, 1.807) is 0 Å². The van der Waals surface area contributed by atoms with Crippen LogP contribution in [0.3, 0.4) is 0 Å². The van der Waals surface area contributed by atoms with Gasteiger partial charge in [0, 0.05) is 6.61 Å². The van der Waals surface area contributed by atoms with E-state index < -0.39 is 0 Å². The Kier molecular flexibility index (Phi) is 4.31. The summed E-state index contributed by atoms with van der Waals surface area (Å²) < 4.78 is 10.8. The summed E-state index contributed by atoms with van der Waals surface area (Å²) in [6.07, 6.45) is 0.846. The average molecular weight is 244 g/mol. The fourth-order valence-electron chi connectivity index (χ4n) is 1.88. The number of hydrogen-bond acceptors (Lipinski definition) is 3. The lowest BCUT2D eigenvalue weighted by Gasteiger charge is -2.10. The number of fused-ring (bicyclic) bond motifs is 1. The van der Waals surface area contributed by atoms with Crippen molar-refractivity contribution in [3.63, 3.8) is 0 Å². The Labute approximate surface area is 106 Å². The first kappa shape index (κ1) is 12.6. The Morgan fingerprint density at radius 2 is 1.94 bits per heavy atom. The minimum atomic E-state index is 0.451. The van der Waals surface area contributed by atoms with E-state index in [4.69, 9.17) is 9.47 Å². The highest BCUT2D eigenvalue weighted by Crippen LogP contribution is 2.26. The van der Waals surface area contributed by atoms with Gasteiger partial charge < -0.3 is 9.47 Å². The number of carbonyl (C=O) groups is 1. The summed E-state index contributed by atoms with van der Waals surface area (Å²) >= 11 is 0. The molecule has 0 saturated heterocycles. The maximum absolute atomic E-state index is 11.2. The third-order valence-electron chi connectivity index (χ3n) is 2.74. The summed E-state index contributed by atoms with van der Waals surface area (Å²) in [5.74, 6) is 0.614. The fourth-order valence-corrected chi connectivity index (χ4v) is 1.88. The molecule has 0 amide bonds. The van der Waals surface area contributed by atoms with E-state index >= 15 is 0 Å². The summed E-state index contributed by atoms with van der Waals surface area (Å²) in [7, 11) is 0. The lowest BCUT2D eigenvalue weighted by Crippen LogP contribution is -2.07. The van der Waals surface area contributed by atoms with Crippen molar-refractivity contribution in [2.24, 2.45) is 0 Å². The number of ether oxygens (including phenoxy) is 2.